The lowest BCUT2D eigenvalue weighted by Gasteiger charge is -2.19. The van der Waals surface area contributed by atoms with E-state index >= 15 is 0 Å². The van der Waals surface area contributed by atoms with Gasteiger partial charge < -0.3 is 19.9 Å². The minimum Gasteiger partial charge on any atom is -0.494 e. The normalized spacial score (nSPS) is 14.0. The molecule has 6 nitrogen and oxygen atoms in total. The zero-order chi connectivity index (χ0) is 22.7. The third-order valence-electron chi connectivity index (χ3n) is 5.92. The van der Waals surface area contributed by atoms with Crippen LogP contribution < -0.4 is 15.4 Å². The van der Waals surface area contributed by atoms with Crippen LogP contribution in [0.2, 0.25) is 0 Å². The molecule has 2 aromatic carbocycles. The highest BCUT2D eigenvalue weighted by atomic mass is 16.5. The molecule has 0 unspecified atom stereocenters. The van der Waals surface area contributed by atoms with E-state index in [4.69, 9.17) is 4.74 Å². The van der Waals surface area contributed by atoms with Crippen LogP contribution in [0.1, 0.15) is 58.1 Å². The van der Waals surface area contributed by atoms with Crippen LogP contribution in [0.25, 0.3) is 22.2 Å². The molecule has 1 aliphatic carbocycles. The molecular weight excluding hydrogens is 400 g/mol. The Labute approximate surface area is 189 Å². The van der Waals surface area contributed by atoms with Gasteiger partial charge in [0, 0.05) is 29.2 Å². The molecule has 6 heteroatoms. The lowest BCUT2D eigenvalue weighted by atomic mass is 10.1. The van der Waals surface area contributed by atoms with Gasteiger partial charge in [-0.3, -0.25) is 0 Å². The molecule has 1 aromatic heterocycles. The molecular formula is C26H30N4O2. The van der Waals surface area contributed by atoms with Crippen LogP contribution in [0, 0.1) is 11.3 Å². The summed E-state index contributed by atoms with van der Waals surface area (Å²) in [6.45, 7) is 6.42. The molecule has 0 aliphatic heterocycles. The Morgan fingerprint density at radius 2 is 1.91 bits per heavy atom. The van der Waals surface area contributed by atoms with Crippen molar-refractivity contribution in [1.82, 2.24) is 9.88 Å². The van der Waals surface area contributed by atoms with Gasteiger partial charge >= 0.3 is 6.03 Å². The maximum absolute atomic E-state index is 12.0. The topological polar surface area (TPSA) is 79.1 Å². The van der Waals surface area contributed by atoms with E-state index in [1.807, 2.05) is 57.2 Å². The number of urea groups is 1. The molecule has 1 fully saturated rings. The molecule has 1 heterocycles. The summed E-state index contributed by atoms with van der Waals surface area (Å²) in [6, 6.07) is 16.4. The number of nitriles is 1. The number of carbonyl (C=O) groups excluding carboxylic acids is 1. The minimum absolute atomic E-state index is 0.0659. The van der Waals surface area contributed by atoms with Crippen molar-refractivity contribution in [2.75, 3.05) is 11.9 Å². The van der Waals surface area contributed by atoms with E-state index in [9.17, 15) is 10.1 Å². The van der Waals surface area contributed by atoms with Crippen molar-refractivity contribution in [3.05, 3.63) is 48.0 Å². The Hall–Kier alpha value is -3.46. The number of carbonyl (C=O) groups is 1. The van der Waals surface area contributed by atoms with Gasteiger partial charge in [-0.05, 0) is 63.4 Å². The highest BCUT2D eigenvalue weighted by molar-refractivity contribution is 5.96. The average molecular weight is 431 g/mol. The summed E-state index contributed by atoms with van der Waals surface area (Å²) in [5, 5.41) is 16.7. The van der Waals surface area contributed by atoms with Gasteiger partial charge in [0.1, 0.15) is 11.8 Å². The van der Waals surface area contributed by atoms with Crippen LogP contribution >= 0.6 is 0 Å². The second-order valence-corrected chi connectivity index (χ2v) is 8.59. The Morgan fingerprint density at radius 3 is 2.53 bits per heavy atom. The van der Waals surface area contributed by atoms with Gasteiger partial charge in [0.15, 0.2) is 0 Å². The number of aromatic nitrogens is 1. The number of rotatable bonds is 6. The molecule has 0 bridgehead atoms. The van der Waals surface area contributed by atoms with Gasteiger partial charge in [0.2, 0.25) is 0 Å². The predicted octanol–water partition coefficient (Wildman–Crippen LogP) is 6.22. The van der Waals surface area contributed by atoms with E-state index in [-0.39, 0.29) is 12.1 Å². The number of anilines is 1. The van der Waals surface area contributed by atoms with Crippen LogP contribution in [-0.4, -0.2) is 23.2 Å². The third kappa shape index (κ3) is 4.29. The first-order chi connectivity index (χ1) is 15.5. The molecule has 2 amide bonds. The van der Waals surface area contributed by atoms with Crippen LogP contribution in [0.5, 0.6) is 5.75 Å². The summed E-state index contributed by atoms with van der Waals surface area (Å²) in [5.41, 5.74) is 4.37. The lowest BCUT2D eigenvalue weighted by molar-refractivity contribution is 0.250. The van der Waals surface area contributed by atoms with E-state index in [1.54, 1.807) is 0 Å². The average Bonchev–Trinajstić information content (AvgIpc) is 3.39. The van der Waals surface area contributed by atoms with Crippen LogP contribution in [0.15, 0.2) is 42.5 Å². The zero-order valence-electron chi connectivity index (χ0n) is 18.9. The van der Waals surface area contributed by atoms with E-state index in [2.05, 4.69) is 27.3 Å². The highest BCUT2D eigenvalue weighted by Crippen LogP contribution is 2.42. The van der Waals surface area contributed by atoms with Crippen molar-refractivity contribution in [2.24, 2.45) is 0 Å². The summed E-state index contributed by atoms with van der Waals surface area (Å²) < 4.78 is 8.10. The van der Waals surface area contributed by atoms with E-state index in [1.165, 1.54) is 12.8 Å². The van der Waals surface area contributed by atoms with Crippen molar-refractivity contribution in [2.45, 2.75) is 58.5 Å². The number of nitrogens with one attached hydrogen (secondary N) is 2. The molecule has 32 heavy (non-hydrogen) atoms. The van der Waals surface area contributed by atoms with E-state index in [0.717, 1.165) is 40.8 Å². The Morgan fingerprint density at radius 1 is 1.19 bits per heavy atom. The molecule has 3 aromatic rings. The van der Waals surface area contributed by atoms with Crippen molar-refractivity contribution >= 4 is 22.6 Å². The number of hydrogen-bond acceptors (Lipinski definition) is 3. The summed E-state index contributed by atoms with van der Waals surface area (Å²) >= 11 is 0. The molecule has 0 spiro atoms. The lowest BCUT2D eigenvalue weighted by Crippen LogP contribution is -2.34. The second kappa shape index (κ2) is 9.35. The minimum atomic E-state index is -0.228. The van der Waals surface area contributed by atoms with Gasteiger partial charge in [0.25, 0.3) is 0 Å². The fourth-order valence-electron chi connectivity index (χ4n) is 4.63. The van der Waals surface area contributed by atoms with Crippen LogP contribution in [0.4, 0.5) is 10.5 Å². The first-order valence-corrected chi connectivity index (χ1v) is 11.4. The van der Waals surface area contributed by atoms with Crippen LogP contribution in [0.3, 0.4) is 0 Å². The molecule has 0 radical (unpaired) electrons. The van der Waals surface area contributed by atoms with Gasteiger partial charge in [-0.1, -0.05) is 25.0 Å². The molecule has 4 rings (SSSR count). The van der Waals surface area contributed by atoms with Gasteiger partial charge in [-0.2, -0.15) is 5.26 Å². The Kier molecular flexibility index (Phi) is 6.36. The fraction of sp³-hybridized carbons (Fsp3) is 0.385. The maximum atomic E-state index is 12.0. The zero-order valence-corrected chi connectivity index (χ0v) is 18.9. The van der Waals surface area contributed by atoms with Crippen molar-refractivity contribution in [3.8, 4) is 23.1 Å². The standard InChI is InChI=1S/C26H30N4O2/c1-4-32-21-13-14-22-23(16-27)25(30(24(22)15-21)20-7-5-6-8-20)18-9-11-19(12-10-18)29-26(31)28-17(2)3/h9-15,17,20H,4-8H2,1-3H3,(H2,28,29,31). The summed E-state index contributed by atoms with van der Waals surface area (Å²) in [5.74, 6) is 0.823. The molecule has 2 N–H and O–H groups in total. The Balaban J connectivity index is 1.79. The van der Waals surface area contributed by atoms with Gasteiger partial charge in [-0.15, -0.1) is 0 Å². The van der Waals surface area contributed by atoms with Crippen LogP contribution in [-0.2, 0) is 0 Å². The largest absolute Gasteiger partial charge is 0.494 e. The molecule has 1 aliphatic rings. The number of benzene rings is 2. The fourth-order valence-corrected chi connectivity index (χ4v) is 4.63. The van der Waals surface area contributed by atoms with Gasteiger partial charge in [0.05, 0.1) is 23.4 Å². The maximum Gasteiger partial charge on any atom is 0.319 e. The van der Waals surface area contributed by atoms with E-state index in [0.29, 0.717) is 23.9 Å². The number of ether oxygens (including phenoxy) is 1. The number of fused-ring (bicyclic) bond motifs is 1. The summed E-state index contributed by atoms with van der Waals surface area (Å²) in [7, 11) is 0. The monoisotopic (exact) mass is 430 g/mol. The Bertz CT molecular complexity index is 1150. The van der Waals surface area contributed by atoms with Crippen molar-refractivity contribution in [1.29, 1.82) is 5.26 Å². The molecule has 0 saturated heterocycles. The quantitative estimate of drug-likeness (QED) is 0.487. The first kappa shape index (κ1) is 21.8. The molecule has 0 atom stereocenters. The first-order valence-electron chi connectivity index (χ1n) is 11.4. The molecule has 1 saturated carbocycles. The molecule has 166 valence electrons. The van der Waals surface area contributed by atoms with Crippen molar-refractivity contribution in [3.63, 3.8) is 0 Å². The number of hydrogen-bond donors (Lipinski definition) is 2. The number of amides is 2. The van der Waals surface area contributed by atoms with Gasteiger partial charge in [-0.25, -0.2) is 4.79 Å². The predicted molar refractivity (Wildman–Crippen MR) is 128 cm³/mol. The summed E-state index contributed by atoms with van der Waals surface area (Å²) in [6.07, 6.45) is 4.61. The highest BCUT2D eigenvalue weighted by Gasteiger charge is 2.26. The van der Waals surface area contributed by atoms with Crippen molar-refractivity contribution < 1.29 is 9.53 Å². The third-order valence-corrected chi connectivity index (χ3v) is 5.92. The SMILES string of the molecule is CCOc1ccc2c(C#N)c(-c3ccc(NC(=O)NC(C)C)cc3)n(C3CCCC3)c2c1. The number of nitrogens with zero attached hydrogens (tertiary/aromatic N) is 2. The second-order valence-electron chi connectivity index (χ2n) is 8.59. The smallest absolute Gasteiger partial charge is 0.319 e. The van der Waals surface area contributed by atoms with E-state index < -0.39 is 0 Å². The summed E-state index contributed by atoms with van der Waals surface area (Å²) in [4.78, 5) is 12.0.